The minimum absolute atomic E-state index is 0.103. The molecule has 2 unspecified atom stereocenters. The van der Waals surface area contributed by atoms with Gasteiger partial charge >= 0.3 is 0 Å². The molecule has 0 amide bonds. The van der Waals surface area contributed by atoms with Crippen molar-refractivity contribution in [3.63, 3.8) is 0 Å². The maximum absolute atomic E-state index is 12.4. The monoisotopic (exact) mass is 549 g/mol. The molecule has 0 saturated carbocycles. The molecule has 0 bridgehead atoms. The molecule has 0 aromatic rings. The molecule has 4 N–H and O–H groups in total. The van der Waals surface area contributed by atoms with Gasteiger partial charge in [-0.2, -0.15) is 0 Å². The number of aliphatic hydroxyl groups excluding tert-OH is 1. The third kappa shape index (κ3) is 24.2. The molecule has 0 heterocycles. The first kappa shape index (κ1) is 37.7. The van der Waals surface area contributed by atoms with Crippen LogP contribution in [-0.4, -0.2) is 33.6 Å². The van der Waals surface area contributed by atoms with E-state index in [4.69, 9.17) is 5.73 Å². The van der Waals surface area contributed by atoms with Gasteiger partial charge in [-0.15, -0.1) is 0 Å². The van der Waals surface area contributed by atoms with Crippen LogP contribution in [0, 0.1) is 0 Å². The van der Waals surface area contributed by atoms with Crippen LogP contribution in [0.3, 0.4) is 0 Å². The number of ketones is 2. The van der Waals surface area contributed by atoms with Gasteiger partial charge in [-0.3, -0.25) is 15.3 Å². The van der Waals surface area contributed by atoms with E-state index in [-0.39, 0.29) is 12.8 Å². The Morgan fingerprint density at radius 2 is 1.10 bits per heavy atom. The van der Waals surface area contributed by atoms with Crippen LogP contribution >= 0.6 is 0 Å². The predicted molar refractivity (Wildman–Crippen MR) is 166 cm³/mol. The summed E-state index contributed by atoms with van der Waals surface area (Å²) in [6.45, 7) is 4.46. The second-order valence-corrected chi connectivity index (χ2v) is 11.5. The highest BCUT2D eigenvalue weighted by atomic mass is 16.3. The van der Waals surface area contributed by atoms with Gasteiger partial charge in [0.15, 0.2) is 5.72 Å². The average molecular weight is 550 g/mol. The number of unbranched alkanes of at least 4 members (excludes halogenated alkanes) is 17. The Morgan fingerprint density at radius 3 is 1.67 bits per heavy atom. The van der Waals surface area contributed by atoms with E-state index in [0.717, 1.165) is 51.4 Å². The van der Waals surface area contributed by atoms with Gasteiger partial charge < -0.3 is 10.2 Å². The highest BCUT2D eigenvalue weighted by molar-refractivity contribution is 6.39. The fraction of sp³-hybridized carbons (Fsp3) is 0.824. The summed E-state index contributed by atoms with van der Waals surface area (Å²) in [5.41, 5.74) is 3.48. The lowest BCUT2D eigenvalue weighted by molar-refractivity contribution is -0.150. The molecule has 0 fully saturated rings. The zero-order valence-corrected chi connectivity index (χ0v) is 25.6. The van der Waals surface area contributed by atoms with Gasteiger partial charge in [-0.25, -0.2) is 0 Å². The van der Waals surface area contributed by atoms with Gasteiger partial charge in [-0.1, -0.05) is 134 Å². The number of carbonyl (C=O) groups excluding carboxylic acids is 2. The predicted octanol–water partition coefficient (Wildman–Crippen LogP) is 8.65. The highest BCUT2D eigenvalue weighted by Crippen LogP contribution is 2.17. The Bertz CT molecular complexity index is 641. The third-order valence-electron chi connectivity index (χ3n) is 7.44. The van der Waals surface area contributed by atoms with Crippen LogP contribution in [0.5, 0.6) is 0 Å². The molecule has 228 valence electrons. The fourth-order valence-electron chi connectivity index (χ4n) is 4.87. The molecule has 0 aromatic heterocycles. The van der Waals surface area contributed by atoms with Gasteiger partial charge in [0, 0.05) is 12.8 Å². The van der Waals surface area contributed by atoms with Crippen LogP contribution in [0.4, 0.5) is 0 Å². The largest absolute Gasteiger partial charge is 0.393 e. The van der Waals surface area contributed by atoms with Crippen molar-refractivity contribution in [3.8, 4) is 0 Å². The maximum Gasteiger partial charge on any atom is 0.244 e. The van der Waals surface area contributed by atoms with Crippen molar-refractivity contribution in [2.75, 3.05) is 0 Å². The lowest BCUT2D eigenvalue weighted by Gasteiger charge is -2.23. The minimum atomic E-state index is -2.27. The number of hydrogen-bond donors (Lipinski definition) is 3. The first-order valence-corrected chi connectivity index (χ1v) is 16.4. The number of allylic oxidation sites excluding steroid dienone is 4. The van der Waals surface area contributed by atoms with Crippen LogP contribution in [0.1, 0.15) is 168 Å². The molecule has 0 rings (SSSR count). The van der Waals surface area contributed by atoms with Crippen molar-refractivity contribution >= 4 is 11.6 Å². The van der Waals surface area contributed by atoms with E-state index in [9.17, 15) is 19.8 Å². The number of carbonyl (C=O) groups is 2. The van der Waals surface area contributed by atoms with E-state index in [1.807, 2.05) is 0 Å². The molecule has 0 aliphatic heterocycles. The van der Waals surface area contributed by atoms with Crippen molar-refractivity contribution in [1.82, 2.24) is 0 Å². The summed E-state index contributed by atoms with van der Waals surface area (Å²) in [7, 11) is 0. The van der Waals surface area contributed by atoms with E-state index in [0.29, 0.717) is 12.8 Å². The molecular formula is C34H63NO4. The van der Waals surface area contributed by atoms with Gasteiger partial charge in [0.2, 0.25) is 11.6 Å². The Balaban J connectivity index is 3.82. The first-order valence-electron chi connectivity index (χ1n) is 16.4. The van der Waals surface area contributed by atoms with Crippen LogP contribution in [-0.2, 0) is 9.59 Å². The quantitative estimate of drug-likeness (QED) is 0.0375. The van der Waals surface area contributed by atoms with E-state index in [2.05, 4.69) is 38.2 Å². The molecule has 5 nitrogen and oxygen atoms in total. The highest BCUT2D eigenvalue weighted by Gasteiger charge is 2.37. The zero-order chi connectivity index (χ0) is 29.0. The van der Waals surface area contributed by atoms with E-state index < -0.39 is 23.4 Å². The second-order valence-electron chi connectivity index (χ2n) is 11.5. The lowest BCUT2D eigenvalue weighted by Crippen LogP contribution is -2.53. The molecule has 5 heteroatoms. The number of nitrogens with two attached hydrogens (primary N) is 1. The summed E-state index contributed by atoms with van der Waals surface area (Å²) in [4.78, 5) is 24.6. The van der Waals surface area contributed by atoms with Crippen LogP contribution in [0.2, 0.25) is 0 Å². The van der Waals surface area contributed by atoms with Gasteiger partial charge in [0.1, 0.15) is 0 Å². The topological polar surface area (TPSA) is 101 Å². The minimum Gasteiger partial charge on any atom is -0.393 e. The normalized spacial score (nSPS) is 14.3. The maximum atomic E-state index is 12.4. The summed E-state index contributed by atoms with van der Waals surface area (Å²) in [6, 6.07) is 0. The Morgan fingerprint density at radius 1 is 0.667 bits per heavy atom. The second kappa shape index (κ2) is 26.9. The number of hydrogen-bond acceptors (Lipinski definition) is 5. The SMILES string of the molecule is CCCCC/C=C\C/C=C\CCCCCCC(=O)C(=O)C(N)(O)CC(O)CCCCCCCCCCCCC. The van der Waals surface area contributed by atoms with E-state index in [1.165, 1.54) is 77.0 Å². The molecule has 0 aliphatic rings. The van der Waals surface area contributed by atoms with Crippen molar-refractivity contribution in [3.05, 3.63) is 24.3 Å². The molecule has 2 atom stereocenters. The van der Waals surface area contributed by atoms with Gasteiger partial charge in [0.25, 0.3) is 0 Å². The Labute approximate surface area is 241 Å². The zero-order valence-electron chi connectivity index (χ0n) is 25.6. The van der Waals surface area contributed by atoms with Crippen LogP contribution in [0.15, 0.2) is 24.3 Å². The number of rotatable bonds is 29. The third-order valence-corrected chi connectivity index (χ3v) is 7.44. The van der Waals surface area contributed by atoms with Crippen molar-refractivity contribution in [2.24, 2.45) is 5.73 Å². The summed E-state index contributed by atoms with van der Waals surface area (Å²) >= 11 is 0. The standard InChI is InChI=1S/C34H63NO4/c1-3-5-7-9-11-13-15-16-17-19-21-23-25-27-29-32(37)33(38)34(35,39)30-31(36)28-26-24-22-20-18-14-12-10-8-6-4-2/h11,13,16-17,31,36,39H,3-10,12,14-15,18-30,35H2,1-2H3/b13-11-,17-16-. The Hall–Kier alpha value is -1.30. The number of Topliss-reactive ketones (excluding diaryl/α,β-unsaturated/α-hetero) is 2. The van der Waals surface area contributed by atoms with Crippen molar-refractivity contribution < 1.29 is 19.8 Å². The molecule has 0 aromatic carbocycles. The van der Waals surface area contributed by atoms with Gasteiger partial charge in [0.05, 0.1) is 6.10 Å². The summed E-state index contributed by atoms with van der Waals surface area (Å²) < 4.78 is 0. The van der Waals surface area contributed by atoms with Crippen molar-refractivity contribution in [2.45, 2.75) is 180 Å². The smallest absolute Gasteiger partial charge is 0.244 e. The van der Waals surface area contributed by atoms with Crippen LogP contribution < -0.4 is 5.73 Å². The number of aliphatic hydroxyl groups is 2. The Kier molecular flexibility index (Phi) is 26.0. The molecule has 0 spiro atoms. The van der Waals surface area contributed by atoms with Crippen LogP contribution in [0.25, 0.3) is 0 Å². The lowest BCUT2D eigenvalue weighted by atomic mass is 9.94. The van der Waals surface area contributed by atoms with Crippen molar-refractivity contribution in [1.29, 1.82) is 0 Å². The summed E-state index contributed by atoms with van der Waals surface area (Å²) in [5, 5.41) is 20.6. The average Bonchev–Trinajstić information content (AvgIpc) is 2.91. The molecular weight excluding hydrogens is 486 g/mol. The van der Waals surface area contributed by atoms with E-state index >= 15 is 0 Å². The van der Waals surface area contributed by atoms with E-state index in [1.54, 1.807) is 0 Å². The molecule has 0 radical (unpaired) electrons. The molecule has 0 aliphatic carbocycles. The summed E-state index contributed by atoms with van der Waals surface area (Å²) in [5.74, 6) is -1.60. The summed E-state index contributed by atoms with van der Waals surface area (Å²) in [6.07, 6.45) is 32.3. The first-order chi connectivity index (χ1) is 18.8. The molecule has 39 heavy (non-hydrogen) atoms. The fourth-order valence-corrected chi connectivity index (χ4v) is 4.87. The van der Waals surface area contributed by atoms with Gasteiger partial charge in [-0.05, 0) is 44.9 Å². The molecule has 0 saturated heterocycles.